The molecule has 0 saturated carbocycles. The van der Waals surface area contributed by atoms with Crippen LogP contribution >= 0.6 is 0 Å². The summed E-state index contributed by atoms with van der Waals surface area (Å²) in [6, 6.07) is -0.694. The molecule has 0 rings (SSSR count). The summed E-state index contributed by atoms with van der Waals surface area (Å²) in [6.45, 7) is 6.95. The molecule has 1 unspecified atom stereocenters. The van der Waals surface area contributed by atoms with Crippen molar-refractivity contribution in [2.45, 2.75) is 59.4 Å². The molecule has 27 heavy (non-hydrogen) atoms. The molecule has 0 spiro atoms. The van der Waals surface area contributed by atoms with Crippen LogP contribution in [0.1, 0.15) is 53.4 Å². The third-order valence-corrected chi connectivity index (χ3v) is 3.80. The Bertz CT molecular complexity index is 558. The first-order chi connectivity index (χ1) is 12.7. The molecule has 0 aliphatic rings. The molecule has 0 fully saturated rings. The Balaban J connectivity index is 4.25. The number of hydrogen-bond acceptors (Lipinski definition) is 5. The zero-order valence-electron chi connectivity index (χ0n) is 16.6. The molecule has 0 aliphatic carbocycles. The molecular weight excluding hydrogens is 350 g/mol. The summed E-state index contributed by atoms with van der Waals surface area (Å²) in [5, 5.41) is 5.20. The molecule has 8 heteroatoms. The molecule has 1 atom stereocenters. The zero-order valence-corrected chi connectivity index (χ0v) is 16.6. The number of imide groups is 1. The highest BCUT2D eigenvalue weighted by Crippen LogP contribution is 2.05. The second kappa shape index (κ2) is 13.7. The smallest absolute Gasteiger partial charge is 0.252 e. The Morgan fingerprint density at radius 1 is 1.07 bits per heavy atom. The van der Waals surface area contributed by atoms with Gasteiger partial charge < -0.3 is 10.6 Å². The van der Waals surface area contributed by atoms with Crippen molar-refractivity contribution in [1.29, 1.82) is 0 Å². The van der Waals surface area contributed by atoms with Gasteiger partial charge in [0.05, 0.1) is 6.54 Å². The lowest BCUT2D eigenvalue weighted by molar-refractivity contribution is -0.134. The summed E-state index contributed by atoms with van der Waals surface area (Å²) in [6.07, 6.45) is 5.49. The fraction of sp³-hybridized carbons (Fsp3) is 0.632. The number of hydrogen-bond donors (Lipinski definition) is 2. The number of amides is 4. The van der Waals surface area contributed by atoms with Gasteiger partial charge in [0.25, 0.3) is 5.91 Å². The minimum atomic E-state index is -0.694. The van der Waals surface area contributed by atoms with E-state index >= 15 is 0 Å². The molecule has 0 aromatic rings. The molecule has 2 N–H and O–H groups in total. The second-order valence-corrected chi connectivity index (χ2v) is 6.66. The molecule has 0 aromatic carbocycles. The van der Waals surface area contributed by atoms with E-state index in [1.807, 2.05) is 13.8 Å². The van der Waals surface area contributed by atoms with Gasteiger partial charge in [-0.25, -0.2) is 0 Å². The number of nitrogens with zero attached hydrogens (tertiary/aromatic N) is 1. The van der Waals surface area contributed by atoms with Gasteiger partial charge in [0, 0.05) is 13.0 Å². The second-order valence-electron chi connectivity index (χ2n) is 6.66. The lowest BCUT2D eigenvalue weighted by Gasteiger charge is -2.21. The van der Waals surface area contributed by atoms with Crippen LogP contribution in [0.4, 0.5) is 0 Å². The normalized spacial score (nSPS) is 11.9. The highest BCUT2D eigenvalue weighted by molar-refractivity contribution is 5.94. The first-order valence-electron chi connectivity index (χ1n) is 9.18. The number of Topliss-reactive ketones (excluding diaryl/α,β-unsaturated/α-hetero) is 1. The average Bonchev–Trinajstić information content (AvgIpc) is 2.60. The van der Waals surface area contributed by atoms with Crippen molar-refractivity contribution in [3.63, 3.8) is 0 Å². The molecule has 152 valence electrons. The van der Waals surface area contributed by atoms with Gasteiger partial charge in [-0.05, 0) is 38.7 Å². The van der Waals surface area contributed by atoms with E-state index in [-0.39, 0.29) is 42.4 Å². The van der Waals surface area contributed by atoms with E-state index < -0.39 is 6.04 Å². The van der Waals surface area contributed by atoms with Gasteiger partial charge in [0.1, 0.15) is 11.8 Å². The van der Waals surface area contributed by atoms with Crippen molar-refractivity contribution >= 4 is 29.9 Å². The van der Waals surface area contributed by atoms with Gasteiger partial charge in [-0.3, -0.25) is 28.9 Å². The number of carbonyl (C=O) groups excluding carboxylic acids is 5. The Kier molecular flexibility index (Phi) is 12.4. The number of unbranched alkanes of at least 4 members (excludes halogenated alkanes) is 2. The van der Waals surface area contributed by atoms with Gasteiger partial charge in [-0.1, -0.05) is 26.3 Å². The van der Waals surface area contributed by atoms with Gasteiger partial charge in [-0.2, -0.15) is 0 Å². The first kappa shape index (κ1) is 24.5. The van der Waals surface area contributed by atoms with Crippen LogP contribution in [0.3, 0.4) is 0 Å². The maximum Gasteiger partial charge on any atom is 0.252 e. The fourth-order valence-electron chi connectivity index (χ4n) is 2.30. The number of allylic oxidation sites excluding steroid dienone is 1. The third-order valence-electron chi connectivity index (χ3n) is 3.80. The quantitative estimate of drug-likeness (QED) is 0.280. The molecule has 0 aromatic heterocycles. The van der Waals surface area contributed by atoms with Crippen LogP contribution in [0.15, 0.2) is 12.2 Å². The molecule has 4 amide bonds. The minimum Gasteiger partial charge on any atom is -0.347 e. The SMILES string of the molecule is C/C=C\C(=O)N(C=O)CCCCCC(=O)NC(C(=O)NCC(C)=O)C(C)C. The molecule has 0 bridgehead atoms. The first-order valence-corrected chi connectivity index (χ1v) is 9.18. The van der Waals surface area contributed by atoms with Gasteiger partial charge in [0.15, 0.2) is 0 Å². The summed E-state index contributed by atoms with van der Waals surface area (Å²) in [5.41, 5.74) is 0. The summed E-state index contributed by atoms with van der Waals surface area (Å²) in [7, 11) is 0. The number of ketones is 1. The van der Waals surface area contributed by atoms with Crippen molar-refractivity contribution in [2.24, 2.45) is 5.92 Å². The van der Waals surface area contributed by atoms with Crippen molar-refractivity contribution in [3.05, 3.63) is 12.2 Å². The molecule has 0 heterocycles. The van der Waals surface area contributed by atoms with Crippen LogP contribution < -0.4 is 10.6 Å². The van der Waals surface area contributed by atoms with Crippen LogP contribution in [-0.2, 0) is 24.0 Å². The van der Waals surface area contributed by atoms with Gasteiger partial charge in [0.2, 0.25) is 18.2 Å². The lowest BCUT2D eigenvalue weighted by Crippen LogP contribution is -2.50. The van der Waals surface area contributed by atoms with E-state index in [1.165, 1.54) is 13.0 Å². The Labute approximate surface area is 160 Å². The Morgan fingerprint density at radius 2 is 1.74 bits per heavy atom. The van der Waals surface area contributed by atoms with E-state index in [2.05, 4.69) is 10.6 Å². The monoisotopic (exact) mass is 381 g/mol. The maximum absolute atomic E-state index is 12.1. The standard InChI is InChI=1S/C19H31N3O5/c1-5-9-17(26)22(13-23)11-8-6-7-10-16(25)21-18(14(2)3)19(27)20-12-15(4)24/h5,9,13-14,18H,6-8,10-12H2,1-4H3,(H,20,27)(H,21,25)/b9-5-. The highest BCUT2D eigenvalue weighted by atomic mass is 16.2. The van der Waals surface area contributed by atoms with Gasteiger partial charge >= 0.3 is 0 Å². The van der Waals surface area contributed by atoms with Crippen molar-refractivity contribution in [2.75, 3.05) is 13.1 Å². The summed E-state index contributed by atoms with van der Waals surface area (Å²) in [5.74, 6) is -1.25. The maximum atomic E-state index is 12.1. The average molecular weight is 381 g/mol. The number of nitrogens with one attached hydrogen (secondary N) is 2. The van der Waals surface area contributed by atoms with E-state index in [0.29, 0.717) is 32.2 Å². The molecule has 0 saturated heterocycles. The Hall–Kier alpha value is -2.51. The van der Waals surface area contributed by atoms with Crippen LogP contribution in [0, 0.1) is 5.92 Å². The highest BCUT2D eigenvalue weighted by Gasteiger charge is 2.23. The topological polar surface area (TPSA) is 113 Å². The predicted molar refractivity (Wildman–Crippen MR) is 102 cm³/mol. The van der Waals surface area contributed by atoms with Crippen LogP contribution in [0.25, 0.3) is 0 Å². The lowest BCUT2D eigenvalue weighted by atomic mass is 10.0. The van der Waals surface area contributed by atoms with E-state index in [1.54, 1.807) is 13.0 Å². The van der Waals surface area contributed by atoms with Crippen LogP contribution in [0.5, 0.6) is 0 Å². The van der Waals surface area contributed by atoms with Crippen LogP contribution in [-0.4, -0.2) is 53.9 Å². The predicted octanol–water partition coefficient (Wildman–Crippen LogP) is 0.954. The number of carbonyl (C=O) groups is 5. The third kappa shape index (κ3) is 10.9. The summed E-state index contributed by atoms with van der Waals surface area (Å²) < 4.78 is 0. The van der Waals surface area contributed by atoms with E-state index in [9.17, 15) is 24.0 Å². The van der Waals surface area contributed by atoms with Gasteiger partial charge in [-0.15, -0.1) is 0 Å². The summed E-state index contributed by atoms with van der Waals surface area (Å²) in [4.78, 5) is 58.6. The molecule has 0 aliphatic heterocycles. The molecule has 0 radical (unpaired) electrons. The fourth-order valence-corrected chi connectivity index (χ4v) is 2.30. The Morgan fingerprint density at radius 3 is 2.26 bits per heavy atom. The van der Waals surface area contributed by atoms with Crippen molar-refractivity contribution < 1.29 is 24.0 Å². The largest absolute Gasteiger partial charge is 0.347 e. The minimum absolute atomic E-state index is 0.0584. The van der Waals surface area contributed by atoms with Crippen molar-refractivity contribution in [1.82, 2.24) is 15.5 Å². The zero-order chi connectivity index (χ0) is 20.8. The summed E-state index contributed by atoms with van der Waals surface area (Å²) >= 11 is 0. The molecular formula is C19H31N3O5. The van der Waals surface area contributed by atoms with Crippen molar-refractivity contribution in [3.8, 4) is 0 Å². The van der Waals surface area contributed by atoms with Crippen LogP contribution in [0.2, 0.25) is 0 Å². The molecule has 8 nitrogen and oxygen atoms in total. The number of rotatable bonds is 13. The van der Waals surface area contributed by atoms with E-state index in [0.717, 1.165) is 4.90 Å². The van der Waals surface area contributed by atoms with E-state index in [4.69, 9.17) is 0 Å².